The maximum atomic E-state index is 12.3. The first-order valence-electron chi connectivity index (χ1n) is 10.1. The number of methoxy groups -OCH3 is 2. The molecule has 0 saturated carbocycles. The lowest BCUT2D eigenvalue weighted by Gasteiger charge is -2.26. The summed E-state index contributed by atoms with van der Waals surface area (Å²) in [6, 6.07) is 11.5. The Balaban J connectivity index is 1.77. The van der Waals surface area contributed by atoms with Crippen molar-refractivity contribution in [1.82, 2.24) is 19.7 Å². The van der Waals surface area contributed by atoms with Crippen LogP contribution in [0.1, 0.15) is 6.42 Å². The van der Waals surface area contributed by atoms with Crippen LogP contribution in [0.25, 0.3) is 22.3 Å². The van der Waals surface area contributed by atoms with Crippen LogP contribution in [0.3, 0.4) is 0 Å². The second kappa shape index (κ2) is 9.61. The van der Waals surface area contributed by atoms with Gasteiger partial charge in [0, 0.05) is 54.9 Å². The minimum Gasteiger partial charge on any atom is -0.497 e. The van der Waals surface area contributed by atoms with Crippen molar-refractivity contribution >= 4 is 22.4 Å². The fourth-order valence-corrected chi connectivity index (χ4v) is 3.49. The quantitative estimate of drug-likeness (QED) is 0.358. The molecule has 9 heteroatoms. The predicted octanol–water partition coefficient (Wildman–Crippen LogP) is 4.48. The van der Waals surface area contributed by atoms with Crippen molar-refractivity contribution in [2.45, 2.75) is 6.42 Å². The normalized spacial score (nSPS) is 11.0. The number of hydrogen-bond donors (Lipinski definition) is 0. The molecule has 0 saturated heterocycles. The van der Waals surface area contributed by atoms with Gasteiger partial charge in [-0.3, -0.25) is 9.67 Å². The van der Waals surface area contributed by atoms with Gasteiger partial charge in [0.15, 0.2) is 0 Å². The highest BCUT2D eigenvalue weighted by atomic mass is 19.3. The van der Waals surface area contributed by atoms with Gasteiger partial charge < -0.3 is 14.4 Å². The van der Waals surface area contributed by atoms with E-state index < -0.39 is 0 Å². The molecule has 0 aliphatic rings. The minimum absolute atomic E-state index is 0.00382. The molecule has 0 N–H and O–H groups in total. The van der Waals surface area contributed by atoms with E-state index in [-0.39, 0.29) is 6.61 Å². The Labute approximate surface area is 185 Å². The number of aromatic nitrogens is 4. The molecular formula is C23H24FN5O3. The number of rotatable bonds is 9. The first-order chi connectivity index (χ1) is 15.6. The summed E-state index contributed by atoms with van der Waals surface area (Å²) in [7, 11) is 5.06. The number of halogens is 1. The van der Waals surface area contributed by atoms with E-state index in [1.54, 1.807) is 37.4 Å². The lowest BCUT2D eigenvalue weighted by molar-refractivity contribution is -0.132. The van der Waals surface area contributed by atoms with E-state index >= 15 is 0 Å². The molecule has 32 heavy (non-hydrogen) atoms. The summed E-state index contributed by atoms with van der Waals surface area (Å²) in [5.41, 5.74) is 4.87. The standard InChI is InChI=1S/C23H24FN5O3/c1-28-15-16(13-26-28)23-14-25-21-6-5-17(11-22(21)27-23)29(7-4-8-32-24)18-9-19(30-2)12-20(10-18)31-3/h5-6,9-15H,4,7-8H2,1-3H3. The zero-order valence-corrected chi connectivity index (χ0v) is 18.2. The van der Waals surface area contributed by atoms with E-state index in [9.17, 15) is 4.53 Å². The van der Waals surface area contributed by atoms with Crippen LogP contribution in [0.2, 0.25) is 0 Å². The summed E-state index contributed by atoms with van der Waals surface area (Å²) in [5.74, 6) is 1.32. The van der Waals surface area contributed by atoms with Crippen LogP contribution in [0, 0.1) is 0 Å². The summed E-state index contributed by atoms with van der Waals surface area (Å²) >= 11 is 0. The van der Waals surface area contributed by atoms with E-state index in [4.69, 9.17) is 14.5 Å². The number of ether oxygens (including phenoxy) is 2. The van der Waals surface area contributed by atoms with Crippen molar-refractivity contribution in [2.24, 2.45) is 7.05 Å². The van der Waals surface area contributed by atoms with Crippen molar-refractivity contribution in [1.29, 1.82) is 0 Å². The van der Waals surface area contributed by atoms with E-state index in [1.165, 1.54) is 0 Å². The van der Waals surface area contributed by atoms with Crippen LogP contribution in [-0.2, 0) is 12.0 Å². The van der Waals surface area contributed by atoms with Gasteiger partial charge in [-0.15, -0.1) is 0 Å². The largest absolute Gasteiger partial charge is 0.497 e. The highest BCUT2D eigenvalue weighted by molar-refractivity contribution is 5.82. The average Bonchev–Trinajstić information content (AvgIpc) is 3.27. The van der Waals surface area contributed by atoms with Gasteiger partial charge in [-0.2, -0.15) is 10.0 Å². The molecule has 0 aliphatic heterocycles. The summed E-state index contributed by atoms with van der Waals surface area (Å²) in [4.78, 5) is 15.2. The lowest BCUT2D eigenvalue weighted by atomic mass is 10.2. The molecule has 0 spiro atoms. The molecule has 0 fully saturated rings. The maximum absolute atomic E-state index is 12.3. The summed E-state index contributed by atoms with van der Waals surface area (Å²) in [6.07, 6.45) is 5.87. The topological polar surface area (TPSA) is 74.5 Å². The Morgan fingerprint density at radius 3 is 2.41 bits per heavy atom. The Morgan fingerprint density at radius 1 is 0.969 bits per heavy atom. The van der Waals surface area contributed by atoms with Crippen LogP contribution in [-0.4, -0.2) is 47.1 Å². The van der Waals surface area contributed by atoms with Crippen molar-refractivity contribution in [2.75, 3.05) is 32.3 Å². The van der Waals surface area contributed by atoms with E-state index in [1.807, 2.05) is 48.5 Å². The summed E-state index contributed by atoms with van der Waals surface area (Å²) < 4.78 is 24.9. The number of anilines is 2. The fourth-order valence-electron chi connectivity index (χ4n) is 3.49. The van der Waals surface area contributed by atoms with Gasteiger partial charge in [-0.25, -0.2) is 4.98 Å². The predicted molar refractivity (Wildman–Crippen MR) is 120 cm³/mol. The zero-order valence-electron chi connectivity index (χ0n) is 18.2. The fraction of sp³-hybridized carbons (Fsp3) is 0.261. The SMILES string of the molecule is COc1cc(OC)cc(N(CCCOF)c2ccc3ncc(-c4cnn(C)c4)nc3c2)c1. The van der Waals surface area contributed by atoms with E-state index in [2.05, 4.69) is 15.0 Å². The third kappa shape index (κ3) is 4.62. The smallest absolute Gasteiger partial charge is 0.124 e. The molecule has 0 radical (unpaired) electrons. The van der Waals surface area contributed by atoms with Gasteiger partial charge in [0.1, 0.15) is 11.5 Å². The highest BCUT2D eigenvalue weighted by Gasteiger charge is 2.14. The molecule has 4 aromatic rings. The average molecular weight is 437 g/mol. The zero-order chi connectivity index (χ0) is 22.5. The third-order valence-corrected chi connectivity index (χ3v) is 5.09. The Hall–Kier alpha value is -3.72. The van der Waals surface area contributed by atoms with Crippen molar-refractivity contribution in [3.8, 4) is 22.8 Å². The van der Waals surface area contributed by atoms with Crippen LogP contribution in [0.5, 0.6) is 11.5 Å². The van der Waals surface area contributed by atoms with E-state index in [0.29, 0.717) is 24.5 Å². The molecule has 0 bridgehead atoms. The number of nitrogens with zero attached hydrogens (tertiary/aromatic N) is 5. The summed E-state index contributed by atoms with van der Waals surface area (Å²) in [5, 5.41) is 4.21. The van der Waals surface area contributed by atoms with Crippen molar-refractivity contribution < 1.29 is 18.9 Å². The molecule has 0 amide bonds. The van der Waals surface area contributed by atoms with Gasteiger partial charge in [-0.1, -0.05) is 0 Å². The summed E-state index contributed by atoms with van der Waals surface area (Å²) in [6.45, 7) is 0.512. The van der Waals surface area contributed by atoms with Gasteiger partial charge in [0.25, 0.3) is 0 Å². The van der Waals surface area contributed by atoms with Gasteiger partial charge in [0.05, 0.1) is 49.9 Å². The van der Waals surface area contributed by atoms with E-state index in [0.717, 1.165) is 33.7 Å². The molecule has 2 aromatic heterocycles. The molecule has 0 aliphatic carbocycles. The lowest BCUT2D eigenvalue weighted by Crippen LogP contribution is -2.19. The van der Waals surface area contributed by atoms with Crippen LogP contribution in [0.15, 0.2) is 55.0 Å². The van der Waals surface area contributed by atoms with Crippen LogP contribution in [0.4, 0.5) is 15.9 Å². The van der Waals surface area contributed by atoms with Gasteiger partial charge in [0.2, 0.25) is 0 Å². The number of hydrogen-bond acceptors (Lipinski definition) is 7. The minimum atomic E-state index is -0.00382. The Morgan fingerprint density at radius 2 is 1.75 bits per heavy atom. The van der Waals surface area contributed by atoms with Gasteiger partial charge >= 0.3 is 0 Å². The molecule has 0 atom stereocenters. The first-order valence-corrected chi connectivity index (χ1v) is 10.1. The Bertz CT molecular complexity index is 1190. The molecule has 4 rings (SSSR count). The second-order valence-corrected chi connectivity index (χ2v) is 7.22. The van der Waals surface area contributed by atoms with Crippen LogP contribution < -0.4 is 14.4 Å². The maximum Gasteiger partial charge on any atom is 0.124 e. The van der Waals surface area contributed by atoms with Crippen molar-refractivity contribution in [3.05, 3.63) is 55.0 Å². The van der Waals surface area contributed by atoms with Crippen LogP contribution >= 0.6 is 0 Å². The number of benzene rings is 2. The van der Waals surface area contributed by atoms with Gasteiger partial charge in [-0.05, 0) is 29.1 Å². The second-order valence-electron chi connectivity index (χ2n) is 7.22. The molecule has 2 heterocycles. The number of aryl methyl sites for hydroxylation is 1. The first kappa shape index (κ1) is 21.5. The number of fused-ring (bicyclic) bond motifs is 1. The monoisotopic (exact) mass is 437 g/mol. The third-order valence-electron chi connectivity index (χ3n) is 5.09. The molecule has 0 unspecified atom stereocenters. The Kier molecular flexibility index (Phi) is 6.46. The molecular weight excluding hydrogens is 413 g/mol. The molecule has 8 nitrogen and oxygen atoms in total. The molecule has 2 aromatic carbocycles. The molecule has 166 valence electrons. The highest BCUT2D eigenvalue weighted by Crippen LogP contribution is 2.34. The van der Waals surface area contributed by atoms with Crippen molar-refractivity contribution in [3.63, 3.8) is 0 Å².